The van der Waals surface area contributed by atoms with Crippen LogP contribution >= 0.6 is 0 Å². The van der Waals surface area contributed by atoms with Crippen LogP contribution in [-0.4, -0.2) is 4.98 Å². The van der Waals surface area contributed by atoms with Gasteiger partial charge in [-0.2, -0.15) is 0 Å². The van der Waals surface area contributed by atoms with Crippen molar-refractivity contribution in [3.05, 3.63) is 77.5 Å². The van der Waals surface area contributed by atoms with Crippen LogP contribution in [0, 0.1) is 0 Å². The molecule has 1 nitrogen and oxygen atoms in total. The van der Waals surface area contributed by atoms with Gasteiger partial charge >= 0.3 is 0 Å². The van der Waals surface area contributed by atoms with Crippen LogP contribution in [0.3, 0.4) is 0 Å². The summed E-state index contributed by atoms with van der Waals surface area (Å²) >= 11 is 0. The average Bonchev–Trinajstić information content (AvgIpc) is 2.88. The number of aryl methyl sites for hydroxylation is 1. The Morgan fingerprint density at radius 2 is 1.68 bits per heavy atom. The fourth-order valence-electron chi connectivity index (χ4n) is 3.12. The standard InChI is InChI=1S/C18H15N/c1-2-6-13(7-3-1)16-11-10-15-12-14-8-4-5-9-17(14)19-18(15)16/h1-9,12,16H,10-11H2. The second-order valence-corrected chi connectivity index (χ2v) is 5.23. The molecule has 2 aromatic carbocycles. The van der Waals surface area contributed by atoms with E-state index in [1.165, 1.54) is 28.6 Å². The van der Waals surface area contributed by atoms with E-state index < -0.39 is 0 Å². The maximum atomic E-state index is 4.91. The second kappa shape index (κ2) is 4.20. The molecule has 1 aromatic heterocycles. The summed E-state index contributed by atoms with van der Waals surface area (Å²) in [6, 6.07) is 21.5. The predicted octanol–water partition coefficient (Wildman–Crippen LogP) is 4.31. The summed E-state index contributed by atoms with van der Waals surface area (Å²) in [7, 11) is 0. The minimum atomic E-state index is 0.473. The van der Waals surface area contributed by atoms with Crippen LogP contribution in [0.2, 0.25) is 0 Å². The molecule has 0 radical (unpaired) electrons. The second-order valence-electron chi connectivity index (χ2n) is 5.23. The monoisotopic (exact) mass is 245 g/mol. The highest BCUT2D eigenvalue weighted by atomic mass is 14.7. The Hall–Kier alpha value is -2.15. The van der Waals surface area contributed by atoms with Gasteiger partial charge in [0.1, 0.15) is 0 Å². The summed E-state index contributed by atoms with van der Waals surface area (Å²) in [5.74, 6) is 0.473. The topological polar surface area (TPSA) is 12.9 Å². The first-order valence-corrected chi connectivity index (χ1v) is 6.85. The van der Waals surface area contributed by atoms with Crippen molar-refractivity contribution >= 4 is 10.9 Å². The van der Waals surface area contributed by atoms with Crippen molar-refractivity contribution in [2.75, 3.05) is 0 Å². The van der Waals surface area contributed by atoms with Gasteiger partial charge in [0.2, 0.25) is 0 Å². The highest BCUT2D eigenvalue weighted by Crippen LogP contribution is 2.37. The molecule has 1 heterocycles. The lowest BCUT2D eigenvalue weighted by Gasteiger charge is -2.11. The Morgan fingerprint density at radius 1 is 0.895 bits per heavy atom. The molecule has 19 heavy (non-hydrogen) atoms. The van der Waals surface area contributed by atoms with E-state index in [4.69, 9.17) is 4.98 Å². The van der Waals surface area contributed by atoms with E-state index in [0.29, 0.717) is 5.92 Å². The molecule has 0 amide bonds. The lowest BCUT2D eigenvalue weighted by molar-refractivity contribution is 0.774. The molecule has 1 atom stereocenters. The molecule has 0 saturated carbocycles. The number of rotatable bonds is 1. The van der Waals surface area contributed by atoms with Crippen LogP contribution in [0.15, 0.2) is 60.7 Å². The summed E-state index contributed by atoms with van der Waals surface area (Å²) in [4.78, 5) is 4.91. The number of benzene rings is 2. The summed E-state index contributed by atoms with van der Waals surface area (Å²) < 4.78 is 0. The quantitative estimate of drug-likeness (QED) is 0.622. The summed E-state index contributed by atoms with van der Waals surface area (Å²) in [6.07, 6.45) is 2.33. The van der Waals surface area contributed by atoms with Crippen molar-refractivity contribution in [2.24, 2.45) is 0 Å². The molecule has 0 N–H and O–H groups in total. The molecule has 1 aliphatic rings. The molecule has 0 aliphatic heterocycles. The van der Waals surface area contributed by atoms with Crippen molar-refractivity contribution in [3.8, 4) is 0 Å². The summed E-state index contributed by atoms with van der Waals surface area (Å²) in [6.45, 7) is 0. The first-order chi connectivity index (χ1) is 9.42. The van der Waals surface area contributed by atoms with Crippen molar-refractivity contribution in [1.82, 2.24) is 4.98 Å². The molecular formula is C18H15N. The summed E-state index contributed by atoms with van der Waals surface area (Å²) in [5, 5.41) is 1.26. The molecule has 4 rings (SSSR count). The van der Waals surface area contributed by atoms with Gasteiger partial charge in [-0.15, -0.1) is 0 Å². The Balaban J connectivity index is 1.88. The van der Waals surface area contributed by atoms with Crippen LogP contribution in [0.5, 0.6) is 0 Å². The van der Waals surface area contributed by atoms with E-state index in [0.717, 1.165) is 11.9 Å². The predicted molar refractivity (Wildman–Crippen MR) is 78.3 cm³/mol. The molecule has 1 aliphatic carbocycles. The largest absolute Gasteiger partial charge is 0.252 e. The highest BCUT2D eigenvalue weighted by Gasteiger charge is 2.25. The number of hydrogen-bond donors (Lipinski definition) is 0. The van der Waals surface area contributed by atoms with Gasteiger partial charge in [-0.05, 0) is 36.1 Å². The zero-order valence-electron chi connectivity index (χ0n) is 10.7. The van der Waals surface area contributed by atoms with Gasteiger partial charge in [-0.3, -0.25) is 4.98 Å². The molecule has 1 heteroatoms. The molecule has 0 fully saturated rings. The van der Waals surface area contributed by atoms with Crippen LogP contribution in [0.25, 0.3) is 10.9 Å². The minimum absolute atomic E-state index is 0.473. The number of fused-ring (bicyclic) bond motifs is 2. The average molecular weight is 245 g/mol. The Bertz CT molecular complexity index is 731. The minimum Gasteiger partial charge on any atom is -0.252 e. The van der Waals surface area contributed by atoms with Crippen LogP contribution < -0.4 is 0 Å². The summed E-state index contributed by atoms with van der Waals surface area (Å²) in [5.41, 5.74) is 5.21. The van der Waals surface area contributed by atoms with Crippen molar-refractivity contribution in [1.29, 1.82) is 0 Å². The third-order valence-electron chi connectivity index (χ3n) is 4.07. The number of pyridine rings is 1. The third kappa shape index (κ3) is 1.74. The molecule has 3 aromatic rings. The molecule has 92 valence electrons. The zero-order chi connectivity index (χ0) is 12.7. The zero-order valence-corrected chi connectivity index (χ0v) is 10.7. The molecule has 0 saturated heterocycles. The fraction of sp³-hybridized carbons (Fsp3) is 0.167. The maximum Gasteiger partial charge on any atom is 0.0705 e. The van der Waals surface area contributed by atoms with E-state index in [1.807, 2.05) is 0 Å². The third-order valence-corrected chi connectivity index (χ3v) is 4.07. The first kappa shape index (κ1) is 10.7. The van der Waals surface area contributed by atoms with E-state index >= 15 is 0 Å². The van der Waals surface area contributed by atoms with E-state index in [9.17, 15) is 0 Å². The molecule has 1 unspecified atom stereocenters. The van der Waals surface area contributed by atoms with Gasteiger partial charge < -0.3 is 0 Å². The van der Waals surface area contributed by atoms with E-state index in [-0.39, 0.29) is 0 Å². The van der Waals surface area contributed by atoms with Crippen molar-refractivity contribution < 1.29 is 0 Å². The fourth-order valence-corrected chi connectivity index (χ4v) is 3.12. The number of aromatic nitrogens is 1. The highest BCUT2D eigenvalue weighted by molar-refractivity contribution is 5.80. The van der Waals surface area contributed by atoms with Gasteiger partial charge in [0.05, 0.1) is 11.2 Å². The first-order valence-electron chi connectivity index (χ1n) is 6.85. The normalized spacial score (nSPS) is 17.6. The Labute approximate surface area is 112 Å². The number of nitrogens with zero attached hydrogens (tertiary/aromatic N) is 1. The van der Waals surface area contributed by atoms with Gasteiger partial charge in [0.15, 0.2) is 0 Å². The molecule has 0 spiro atoms. The van der Waals surface area contributed by atoms with Crippen molar-refractivity contribution in [3.63, 3.8) is 0 Å². The van der Waals surface area contributed by atoms with E-state index in [2.05, 4.69) is 60.7 Å². The van der Waals surface area contributed by atoms with Crippen LogP contribution in [-0.2, 0) is 6.42 Å². The van der Waals surface area contributed by atoms with Crippen molar-refractivity contribution in [2.45, 2.75) is 18.8 Å². The van der Waals surface area contributed by atoms with Gasteiger partial charge in [-0.25, -0.2) is 0 Å². The lowest BCUT2D eigenvalue weighted by Crippen LogP contribution is -1.99. The lowest BCUT2D eigenvalue weighted by atomic mass is 9.96. The van der Waals surface area contributed by atoms with Crippen LogP contribution in [0.4, 0.5) is 0 Å². The Kier molecular flexibility index (Phi) is 2.37. The van der Waals surface area contributed by atoms with E-state index in [1.54, 1.807) is 0 Å². The maximum absolute atomic E-state index is 4.91. The molecule has 0 bridgehead atoms. The molecular weight excluding hydrogens is 230 g/mol. The van der Waals surface area contributed by atoms with Gasteiger partial charge in [0, 0.05) is 11.3 Å². The number of hydrogen-bond acceptors (Lipinski definition) is 1. The van der Waals surface area contributed by atoms with Gasteiger partial charge in [-0.1, -0.05) is 48.5 Å². The smallest absolute Gasteiger partial charge is 0.0705 e. The SMILES string of the molecule is c1ccc(C2CCc3cc4ccccc4nc32)cc1. The van der Waals surface area contributed by atoms with Crippen LogP contribution in [0.1, 0.15) is 29.2 Å². The van der Waals surface area contributed by atoms with Gasteiger partial charge in [0.25, 0.3) is 0 Å². The number of para-hydroxylation sites is 1. The Morgan fingerprint density at radius 3 is 2.58 bits per heavy atom.